The standard InChI is InChI=1S/C38H51N5O4S2/c1-41(25-32(45)29-15-16-31(44)33-34(29)49-37(47)40-33)20-10-5-3-2-4-6-11-21-42-23-18-38(19-24-42)17-12-22-43(27-38)36(46)30-26-48-35(39-30)28-13-8-7-9-14-28/h7-9,13-16,26,32,44-45H,2-6,10-12,17-25,27H2,1H3,(H,40,47)/t32-/m0/s1. The Morgan fingerprint density at radius 2 is 1.73 bits per heavy atom. The quantitative estimate of drug-likeness (QED) is 0.113. The molecule has 49 heavy (non-hydrogen) atoms. The van der Waals surface area contributed by atoms with Crippen molar-refractivity contribution in [3.8, 4) is 16.3 Å². The average Bonchev–Trinajstić information content (AvgIpc) is 3.76. The Balaban J connectivity index is 0.819. The van der Waals surface area contributed by atoms with Gasteiger partial charge >= 0.3 is 4.87 Å². The van der Waals surface area contributed by atoms with Gasteiger partial charge in [0.2, 0.25) is 0 Å². The number of likely N-dealkylation sites (tertiary alicyclic amines) is 2. The van der Waals surface area contributed by atoms with Crippen LogP contribution in [0, 0.1) is 5.41 Å². The first-order valence-electron chi connectivity index (χ1n) is 18.0. The van der Waals surface area contributed by atoms with Crippen molar-refractivity contribution in [2.75, 3.05) is 52.9 Å². The van der Waals surface area contributed by atoms with Crippen LogP contribution in [0.15, 0.2) is 52.6 Å². The lowest BCUT2D eigenvalue weighted by Crippen LogP contribution is -2.51. The summed E-state index contributed by atoms with van der Waals surface area (Å²) in [7, 11) is 2.02. The number of phenolic OH excluding ortho intramolecular Hbond substituents is 1. The molecule has 2 aromatic carbocycles. The SMILES string of the molecule is CN(CCCCCCCCCN1CCC2(CCCN(C(=O)c3csc(-c4ccccc4)n3)C2)CC1)C[C@H](O)c1ccc(O)c2[nH]c(=O)sc12. The Hall–Kier alpha value is -3.09. The molecule has 4 aromatic rings. The molecule has 2 fully saturated rings. The van der Waals surface area contributed by atoms with Crippen LogP contribution in [0.25, 0.3) is 20.8 Å². The molecule has 0 bridgehead atoms. The summed E-state index contributed by atoms with van der Waals surface area (Å²) in [5.41, 5.74) is 3.01. The molecule has 2 aromatic heterocycles. The number of rotatable bonds is 15. The van der Waals surface area contributed by atoms with E-state index in [9.17, 15) is 19.8 Å². The highest BCUT2D eigenvalue weighted by atomic mass is 32.1. The van der Waals surface area contributed by atoms with Gasteiger partial charge in [0.05, 0.1) is 10.8 Å². The Kier molecular flexibility index (Phi) is 12.2. The molecule has 2 aliphatic heterocycles. The number of amides is 1. The van der Waals surface area contributed by atoms with Crippen LogP contribution >= 0.6 is 22.7 Å². The summed E-state index contributed by atoms with van der Waals surface area (Å²) in [5, 5.41) is 23.7. The van der Waals surface area contributed by atoms with Crippen molar-refractivity contribution in [1.29, 1.82) is 0 Å². The predicted octanol–water partition coefficient (Wildman–Crippen LogP) is 7.13. The minimum atomic E-state index is -0.713. The minimum Gasteiger partial charge on any atom is -0.506 e. The highest BCUT2D eigenvalue weighted by Gasteiger charge is 2.40. The maximum absolute atomic E-state index is 13.4. The Morgan fingerprint density at radius 3 is 2.51 bits per heavy atom. The number of nitrogens with zero attached hydrogens (tertiary/aromatic N) is 4. The van der Waals surface area contributed by atoms with Gasteiger partial charge in [-0.3, -0.25) is 9.59 Å². The molecule has 9 nitrogen and oxygen atoms in total. The molecule has 2 saturated heterocycles. The maximum Gasteiger partial charge on any atom is 0.305 e. The van der Waals surface area contributed by atoms with E-state index in [0.717, 1.165) is 67.5 Å². The maximum atomic E-state index is 13.4. The number of likely N-dealkylation sites (N-methyl/N-ethyl adjacent to an activating group) is 1. The fraction of sp³-hybridized carbons (Fsp3) is 0.553. The summed E-state index contributed by atoms with van der Waals surface area (Å²) < 4.78 is 0.629. The number of carbonyl (C=O) groups is 1. The number of aliphatic hydroxyl groups excluding tert-OH is 1. The largest absolute Gasteiger partial charge is 0.506 e. The van der Waals surface area contributed by atoms with Gasteiger partial charge in [-0.2, -0.15) is 0 Å². The number of fused-ring (bicyclic) bond motifs is 1. The van der Waals surface area contributed by atoms with Gasteiger partial charge in [0.15, 0.2) is 0 Å². The molecule has 264 valence electrons. The molecule has 3 N–H and O–H groups in total. The van der Waals surface area contributed by atoms with Crippen molar-refractivity contribution >= 4 is 38.8 Å². The number of aromatic amines is 1. The summed E-state index contributed by atoms with van der Waals surface area (Å²) in [5.74, 6) is 0.126. The first-order valence-corrected chi connectivity index (χ1v) is 19.7. The zero-order chi connectivity index (χ0) is 34.2. The molecular formula is C38H51N5O4S2. The van der Waals surface area contributed by atoms with Crippen molar-refractivity contribution in [2.24, 2.45) is 5.41 Å². The number of aromatic hydroxyl groups is 1. The van der Waals surface area contributed by atoms with Crippen molar-refractivity contribution in [2.45, 2.75) is 76.7 Å². The van der Waals surface area contributed by atoms with E-state index < -0.39 is 6.10 Å². The molecule has 0 radical (unpaired) electrons. The smallest absolute Gasteiger partial charge is 0.305 e. The summed E-state index contributed by atoms with van der Waals surface area (Å²) >= 11 is 2.58. The van der Waals surface area contributed by atoms with Gasteiger partial charge in [0, 0.05) is 36.1 Å². The van der Waals surface area contributed by atoms with Gasteiger partial charge in [-0.25, -0.2) is 4.98 Å². The third-order valence-corrected chi connectivity index (χ3v) is 12.4. The van der Waals surface area contributed by atoms with Gasteiger partial charge < -0.3 is 29.9 Å². The fourth-order valence-electron chi connectivity index (χ4n) is 7.68. The van der Waals surface area contributed by atoms with E-state index in [1.807, 2.05) is 42.8 Å². The molecule has 1 amide bonds. The second-order valence-electron chi connectivity index (χ2n) is 14.2. The second kappa shape index (κ2) is 16.7. The number of unbranched alkanes of at least 4 members (excludes halogenated alkanes) is 6. The predicted molar refractivity (Wildman–Crippen MR) is 200 cm³/mol. The molecule has 2 aliphatic rings. The lowest BCUT2D eigenvalue weighted by molar-refractivity contribution is 0.0208. The van der Waals surface area contributed by atoms with Crippen LogP contribution in [0.5, 0.6) is 5.75 Å². The highest BCUT2D eigenvalue weighted by molar-refractivity contribution is 7.16. The zero-order valence-electron chi connectivity index (χ0n) is 28.7. The van der Waals surface area contributed by atoms with Gasteiger partial charge in [-0.15, -0.1) is 11.3 Å². The van der Waals surface area contributed by atoms with E-state index in [1.54, 1.807) is 17.4 Å². The van der Waals surface area contributed by atoms with E-state index in [2.05, 4.69) is 19.7 Å². The van der Waals surface area contributed by atoms with E-state index in [0.29, 0.717) is 28.0 Å². The van der Waals surface area contributed by atoms with Gasteiger partial charge in [0.1, 0.15) is 22.0 Å². The Labute approximate surface area is 297 Å². The number of benzene rings is 2. The summed E-state index contributed by atoms with van der Waals surface area (Å²) in [6.45, 7) is 6.58. The fourth-order valence-corrected chi connectivity index (χ4v) is 9.39. The number of H-pyrrole nitrogens is 1. The summed E-state index contributed by atoms with van der Waals surface area (Å²) in [6.07, 6.45) is 12.6. The van der Waals surface area contributed by atoms with E-state index in [4.69, 9.17) is 4.98 Å². The molecule has 0 aliphatic carbocycles. The molecule has 4 heterocycles. The molecule has 0 saturated carbocycles. The van der Waals surface area contributed by atoms with Crippen molar-refractivity contribution in [3.05, 3.63) is 68.8 Å². The lowest BCUT2D eigenvalue weighted by Gasteiger charge is -2.47. The summed E-state index contributed by atoms with van der Waals surface area (Å²) in [6, 6.07) is 13.4. The average molecular weight is 706 g/mol. The third-order valence-electron chi connectivity index (χ3n) is 10.6. The van der Waals surface area contributed by atoms with Crippen molar-refractivity contribution in [1.82, 2.24) is 24.7 Å². The number of thiazole rings is 2. The molecular weight excluding hydrogens is 655 g/mol. The minimum absolute atomic E-state index is 0.0327. The highest BCUT2D eigenvalue weighted by Crippen LogP contribution is 2.40. The van der Waals surface area contributed by atoms with Crippen LogP contribution in [0.4, 0.5) is 0 Å². The van der Waals surface area contributed by atoms with Crippen molar-refractivity contribution < 1.29 is 15.0 Å². The third kappa shape index (κ3) is 9.18. The van der Waals surface area contributed by atoms with Crippen LogP contribution < -0.4 is 4.87 Å². The number of hydrogen-bond donors (Lipinski definition) is 3. The van der Waals surface area contributed by atoms with Gasteiger partial charge in [-0.1, -0.05) is 79.8 Å². The first-order chi connectivity index (χ1) is 23.8. The van der Waals surface area contributed by atoms with Crippen LogP contribution in [0.1, 0.15) is 92.8 Å². The molecule has 6 rings (SSSR count). The van der Waals surface area contributed by atoms with Gasteiger partial charge in [-0.05, 0) is 83.2 Å². The normalized spacial score (nSPS) is 17.3. The van der Waals surface area contributed by atoms with Crippen LogP contribution in [-0.4, -0.2) is 93.6 Å². The number of hydrogen-bond acceptors (Lipinski definition) is 9. The summed E-state index contributed by atoms with van der Waals surface area (Å²) in [4.78, 5) is 39.2. The molecule has 11 heteroatoms. The second-order valence-corrected chi connectivity index (χ2v) is 16.1. The van der Waals surface area contributed by atoms with Crippen LogP contribution in [0.3, 0.4) is 0 Å². The lowest BCUT2D eigenvalue weighted by atomic mass is 9.72. The number of aliphatic hydroxyl groups is 1. The molecule has 0 unspecified atom stereocenters. The van der Waals surface area contributed by atoms with E-state index >= 15 is 0 Å². The van der Waals surface area contributed by atoms with E-state index in [-0.39, 0.29) is 21.9 Å². The van der Waals surface area contributed by atoms with Crippen molar-refractivity contribution in [3.63, 3.8) is 0 Å². The van der Waals surface area contributed by atoms with Gasteiger partial charge in [0.25, 0.3) is 5.91 Å². The van der Waals surface area contributed by atoms with E-state index in [1.165, 1.54) is 70.4 Å². The Morgan fingerprint density at radius 1 is 1.00 bits per heavy atom. The number of aromatic nitrogens is 2. The monoisotopic (exact) mass is 705 g/mol. The molecule has 1 atom stereocenters. The number of nitrogens with one attached hydrogen (secondary N) is 1. The number of carbonyl (C=O) groups excluding carboxylic acids is 1. The van der Waals surface area contributed by atoms with Crippen LogP contribution in [0.2, 0.25) is 0 Å². The van der Waals surface area contributed by atoms with Crippen LogP contribution in [-0.2, 0) is 0 Å². The number of phenols is 1. The zero-order valence-corrected chi connectivity index (χ0v) is 30.4. The first kappa shape index (κ1) is 35.7. The Bertz CT molecular complexity index is 1710. The molecule has 1 spiro atoms. The number of piperidine rings is 2. The topological polar surface area (TPSA) is 113 Å².